The van der Waals surface area contributed by atoms with Crippen LogP contribution in [0.25, 0.3) is 0 Å². The number of rotatable bonds is 12. The van der Waals surface area contributed by atoms with Crippen molar-refractivity contribution in [1.29, 1.82) is 0 Å². The molecule has 0 heterocycles. The first-order valence-corrected chi connectivity index (χ1v) is 8.74. The second-order valence-electron chi connectivity index (χ2n) is 5.50. The normalized spacial score (nSPS) is 13.1. The molecule has 0 aliphatic carbocycles. The quantitative estimate of drug-likeness (QED) is 0.369. The topological polar surface area (TPSA) is 58.2 Å². The molecule has 0 aromatic rings. The van der Waals surface area contributed by atoms with E-state index >= 15 is 0 Å². The SMILES string of the molecule is C=C/C=C(\C=C)C(=O)N/C(C=C)=C/C=C(C=C)/C(C=C)=C/C=C(\C=C)NC(C)=O. The zero-order valence-electron chi connectivity index (χ0n) is 16.9. The first kappa shape index (κ1) is 25.1. The average molecular weight is 389 g/mol. The Hall–Kier alpha value is -3.92. The van der Waals surface area contributed by atoms with Crippen molar-refractivity contribution in [2.24, 2.45) is 0 Å². The van der Waals surface area contributed by atoms with Crippen LogP contribution in [0.2, 0.25) is 0 Å². The Morgan fingerprint density at radius 2 is 1.03 bits per heavy atom. The summed E-state index contributed by atoms with van der Waals surface area (Å²) in [6.07, 6.45) is 17.8. The zero-order valence-corrected chi connectivity index (χ0v) is 16.9. The molecular weight excluding hydrogens is 360 g/mol. The van der Waals surface area contributed by atoms with Gasteiger partial charge in [-0.15, -0.1) is 0 Å². The minimum Gasteiger partial charge on any atom is -0.326 e. The molecule has 2 N–H and O–H groups in total. The predicted molar refractivity (Wildman–Crippen MR) is 124 cm³/mol. The second-order valence-corrected chi connectivity index (χ2v) is 5.50. The molecule has 2 amide bonds. The molecular formula is C25H28N2O2. The molecule has 0 unspecified atom stereocenters. The minimum atomic E-state index is -0.326. The van der Waals surface area contributed by atoms with Crippen LogP contribution in [0, 0.1) is 0 Å². The Morgan fingerprint density at radius 1 is 0.586 bits per heavy atom. The summed E-state index contributed by atoms with van der Waals surface area (Å²) in [6, 6.07) is 0. The summed E-state index contributed by atoms with van der Waals surface area (Å²) in [5.74, 6) is -0.518. The van der Waals surface area contributed by atoms with Crippen LogP contribution in [0.15, 0.2) is 134 Å². The molecule has 0 fully saturated rings. The smallest absolute Gasteiger partial charge is 0.255 e. The maximum atomic E-state index is 12.2. The fourth-order valence-corrected chi connectivity index (χ4v) is 2.01. The van der Waals surface area contributed by atoms with Gasteiger partial charge in [-0.25, -0.2) is 0 Å². The van der Waals surface area contributed by atoms with Gasteiger partial charge in [0.25, 0.3) is 5.91 Å². The highest BCUT2D eigenvalue weighted by Crippen LogP contribution is 2.14. The third kappa shape index (κ3) is 9.54. The Kier molecular flexibility index (Phi) is 12.3. The summed E-state index contributed by atoms with van der Waals surface area (Å²) in [6.45, 7) is 23.6. The van der Waals surface area contributed by atoms with E-state index in [1.807, 2.05) is 0 Å². The van der Waals surface area contributed by atoms with Crippen LogP contribution in [-0.4, -0.2) is 11.8 Å². The molecule has 0 radical (unpaired) electrons. The van der Waals surface area contributed by atoms with Crippen LogP contribution < -0.4 is 10.6 Å². The second kappa shape index (κ2) is 14.2. The minimum absolute atomic E-state index is 0.192. The van der Waals surface area contributed by atoms with Gasteiger partial charge in [-0.2, -0.15) is 0 Å². The summed E-state index contributed by atoms with van der Waals surface area (Å²) < 4.78 is 0. The molecule has 0 aromatic carbocycles. The molecule has 0 saturated carbocycles. The molecule has 0 rings (SSSR count). The Bertz CT molecular complexity index is 859. The monoisotopic (exact) mass is 388 g/mol. The lowest BCUT2D eigenvalue weighted by atomic mass is 10.0. The van der Waals surface area contributed by atoms with Crippen LogP contribution in [0.1, 0.15) is 6.92 Å². The standard InChI is InChI=1S/C25H28N2O2/c1-8-14-22(11-4)25(29)27-24(13-6)18-16-21(10-3)20(9-2)15-17-23(12-5)26-19(7)28/h8-18H,1-6H2,7H3,(H,26,28)(H,27,29)/b20-15+,21-16+,22-14+,23-17+,24-18+. The van der Waals surface area contributed by atoms with E-state index in [2.05, 4.69) is 50.1 Å². The Morgan fingerprint density at radius 3 is 1.38 bits per heavy atom. The van der Waals surface area contributed by atoms with Gasteiger partial charge in [-0.1, -0.05) is 82.0 Å². The molecule has 150 valence electrons. The van der Waals surface area contributed by atoms with Crippen molar-refractivity contribution in [3.8, 4) is 0 Å². The highest BCUT2D eigenvalue weighted by molar-refractivity contribution is 5.97. The first-order chi connectivity index (χ1) is 13.9. The van der Waals surface area contributed by atoms with Crippen LogP contribution >= 0.6 is 0 Å². The number of carbonyl (C=O) groups excluding carboxylic acids is 2. The average Bonchev–Trinajstić information content (AvgIpc) is 2.71. The van der Waals surface area contributed by atoms with Crippen molar-refractivity contribution in [3.05, 3.63) is 134 Å². The fraction of sp³-hybridized carbons (Fsp3) is 0.0400. The highest BCUT2D eigenvalue weighted by atomic mass is 16.2. The summed E-state index contributed by atoms with van der Waals surface area (Å²) in [5, 5.41) is 5.40. The number of hydrogen-bond donors (Lipinski definition) is 2. The third-order valence-corrected chi connectivity index (χ3v) is 3.46. The molecule has 0 spiro atoms. The number of carbonyl (C=O) groups is 2. The van der Waals surface area contributed by atoms with Gasteiger partial charge in [0.05, 0.1) is 0 Å². The van der Waals surface area contributed by atoms with Crippen molar-refractivity contribution in [2.75, 3.05) is 0 Å². The van der Waals surface area contributed by atoms with Gasteiger partial charge in [0.1, 0.15) is 0 Å². The van der Waals surface area contributed by atoms with Gasteiger partial charge in [-0.05, 0) is 35.5 Å². The fourth-order valence-electron chi connectivity index (χ4n) is 2.01. The van der Waals surface area contributed by atoms with Gasteiger partial charge < -0.3 is 10.6 Å². The summed E-state index contributed by atoms with van der Waals surface area (Å²) in [5.41, 5.74) is 2.94. The van der Waals surface area contributed by atoms with Crippen molar-refractivity contribution in [2.45, 2.75) is 6.92 Å². The lowest BCUT2D eigenvalue weighted by molar-refractivity contribution is -0.118. The Labute approximate surface area is 173 Å². The van der Waals surface area contributed by atoms with Gasteiger partial charge in [-0.3, -0.25) is 9.59 Å². The Balaban J connectivity index is 5.80. The van der Waals surface area contributed by atoms with Crippen LogP contribution in [0.4, 0.5) is 0 Å². The van der Waals surface area contributed by atoms with Gasteiger partial charge >= 0.3 is 0 Å². The summed E-state index contributed by atoms with van der Waals surface area (Å²) >= 11 is 0. The number of amides is 2. The van der Waals surface area contributed by atoms with E-state index < -0.39 is 0 Å². The summed E-state index contributed by atoms with van der Waals surface area (Å²) in [7, 11) is 0. The predicted octanol–water partition coefficient (Wildman–Crippen LogP) is 4.90. The van der Waals surface area contributed by atoms with E-state index in [1.165, 1.54) is 31.2 Å². The molecule has 0 aromatic heterocycles. The molecule has 29 heavy (non-hydrogen) atoms. The van der Waals surface area contributed by atoms with Gasteiger partial charge in [0.2, 0.25) is 5.91 Å². The van der Waals surface area contributed by atoms with Crippen LogP contribution in [0.3, 0.4) is 0 Å². The maximum Gasteiger partial charge on any atom is 0.255 e. The molecule has 0 atom stereocenters. The van der Waals surface area contributed by atoms with Crippen LogP contribution in [0.5, 0.6) is 0 Å². The highest BCUT2D eigenvalue weighted by Gasteiger charge is 2.05. The van der Waals surface area contributed by atoms with Crippen molar-refractivity contribution in [1.82, 2.24) is 10.6 Å². The van der Waals surface area contributed by atoms with Gasteiger partial charge in [0.15, 0.2) is 0 Å². The van der Waals surface area contributed by atoms with E-state index in [0.717, 1.165) is 11.1 Å². The van der Waals surface area contributed by atoms with Crippen molar-refractivity contribution < 1.29 is 9.59 Å². The number of allylic oxidation sites excluding steroid dienone is 12. The molecule has 0 saturated heterocycles. The molecule has 4 heteroatoms. The number of nitrogens with one attached hydrogen (secondary N) is 2. The summed E-state index contributed by atoms with van der Waals surface area (Å²) in [4.78, 5) is 23.4. The largest absolute Gasteiger partial charge is 0.326 e. The van der Waals surface area contributed by atoms with E-state index in [9.17, 15) is 9.59 Å². The molecule has 4 nitrogen and oxygen atoms in total. The number of hydrogen-bond acceptors (Lipinski definition) is 2. The lowest BCUT2D eigenvalue weighted by Crippen LogP contribution is -2.22. The van der Waals surface area contributed by atoms with Gasteiger partial charge in [0, 0.05) is 23.9 Å². The van der Waals surface area contributed by atoms with E-state index in [4.69, 9.17) is 0 Å². The van der Waals surface area contributed by atoms with E-state index in [-0.39, 0.29) is 11.8 Å². The molecule has 0 bridgehead atoms. The maximum absolute atomic E-state index is 12.2. The van der Waals surface area contributed by atoms with Crippen molar-refractivity contribution in [3.63, 3.8) is 0 Å². The molecule has 0 aliphatic heterocycles. The molecule has 0 aliphatic rings. The van der Waals surface area contributed by atoms with Crippen LogP contribution in [-0.2, 0) is 9.59 Å². The lowest BCUT2D eigenvalue weighted by Gasteiger charge is -2.07. The zero-order chi connectivity index (χ0) is 22.2. The van der Waals surface area contributed by atoms with Crippen molar-refractivity contribution >= 4 is 11.8 Å². The first-order valence-electron chi connectivity index (χ1n) is 8.74. The van der Waals surface area contributed by atoms with E-state index in [0.29, 0.717) is 17.0 Å². The third-order valence-electron chi connectivity index (χ3n) is 3.46. The van der Waals surface area contributed by atoms with E-state index in [1.54, 1.807) is 42.5 Å².